The average molecular weight is 290 g/mol. The van der Waals surface area contributed by atoms with Gasteiger partial charge in [-0.15, -0.1) is 0 Å². The van der Waals surface area contributed by atoms with Crippen molar-refractivity contribution in [2.45, 2.75) is 6.10 Å². The number of rotatable bonds is 8. The minimum absolute atomic E-state index is 0.00274. The molecule has 116 valence electrons. The standard InChI is InChI=1S/C10H14O4.C3H8O3/c11-5-7-13-9-1-2-10(4-3-9)14-8-6-12;4-1-3(6)2-5/h1-4,11-12H,5-8H2;3-6H,1-2H2. The molecule has 7 nitrogen and oxygen atoms in total. The van der Waals surface area contributed by atoms with Gasteiger partial charge in [-0.05, 0) is 24.3 Å². The van der Waals surface area contributed by atoms with Gasteiger partial charge in [-0.25, -0.2) is 0 Å². The van der Waals surface area contributed by atoms with Crippen molar-refractivity contribution >= 4 is 0 Å². The summed E-state index contributed by atoms with van der Waals surface area (Å²) in [6, 6.07) is 7.01. The lowest BCUT2D eigenvalue weighted by Crippen LogP contribution is -2.15. The van der Waals surface area contributed by atoms with Crippen molar-refractivity contribution in [3.8, 4) is 11.5 Å². The van der Waals surface area contributed by atoms with Crippen LogP contribution in [0.15, 0.2) is 24.3 Å². The molecule has 0 aromatic heterocycles. The Balaban J connectivity index is 0.000000511. The summed E-state index contributed by atoms with van der Waals surface area (Å²) in [5.74, 6) is 1.38. The van der Waals surface area contributed by atoms with E-state index >= 15 is 0 Å². The highest BCUT2D eigenvalue weighted by Gasteiger charge is 1.95. The van der Waals surface area contributed by atoms with Crippen molar-refractivity contribution in [3.63, 3.8) is 0 Å². The fourth-order valence-electron chi connectivity index (χ4n) is 1.02. The maximum atomic E-state index is 8.52. The first-order valence-corrected chi connectivity index (χ1v) is 6.15. The molecule has 0 unspecified atom stereocenters. The van der Waals surface area contributed by atoms with E-state index in [-0.39, 0.29) is 39.6 Å². The van der Waals surface area contributed by atoms with Gasteiger partial charge in [-0.2, -0.15) is 0 Å². The Bertz CT molecular complexity index is 284. The van der Waals surface area contributed by atoms with Gasteiger partial charge in [0, 0.05) is 0 Å². The van der Waals surface area contributed by atoms with Gasteiger partial charge < -0.3 is 35.0 Å². The molecule has 1 aromatic carbocycles. The second-order valence-electron chi connectivity index (χ2n) is 3.63. The van der Waals surface area contributed by atoms with E-state index in [1.165, 1.54) is 0 Å². The topological polar surface area (TPSA) is 120 Å². The van der Waals surface area contributed by atoms with Crippen LogP contribution in [0.2, 0.25) is 0 Å². The molecule has 0 saturated carbocycles. The third kappa shape index (κ3) is 9.54. The molecule has 0 radical (unpaired) electrons. The van der Waals surface area contributed by atoms with Gasteiger partial charge in [0.1, 0.15) is 30.8 Å². The second kappa shape index (κ2) is 12.6. The molecule has 1 rings (SSSR count). The third-order valence-electron chi connectivity index (χ3n) is 1.97. The normalized spacial score (nSPS) is 9.90. The summed E-state index contributed by atoms with van der Waals surface area (Å²) in [5.41, 5.74) is 0. The number of aliphatic hydroxyl groups excluding tert-OH is 5. The summed E-state index contributed by atoms with van der Waals surface area (Å²) in [7, 11) is 0. The number of aliphatic hydroxyl groups is 5. The zero-order valence-electron chi connectivity index (χ0n) is 11.2. The Labute approximate surface area is 117 Å². The van der Waals surface area contributed by atoms with Crippen LogP contribution >= 0.6 is 0 Å². The fraction of sp³-hybridized carbons (Fsp3) is 0.538. The highest BCUT2D eigenvalue weighted by atomic mass is 16.5. The lowest BCUT2D eigenvalue weighted by molar-refractivity contribution is 0.0450. The number of hydrogen-bond acceptors (Lipinski definition) is 7. The lowest BCUT2D eigenvalue weighted by atomic mass is 10.3. The van der Waals surface area contributed by atoms with Crippen LogP contribution in [0, 0.1) is 0 Å². The van der Waals surface area contributed by atoms with Gasteiger partial charge in [0.2, 0.25) is 0 Å². The van der Waals surface area contributed by atoms with E-state index in [0.717, 1.165) is 0 Å². The predicted octanol–water partition coefficient (Wildman–Crippen LogP) is -1.24. The first-order chi connectivity index (χ1) is 9.67. The molecule has 0 aliphatic rings. The maximum absolute atomic E-state index is 8.52. The molecule has 0 aliphatic heterocycles. The minimum Gasteiger partial charge on any atom is -0.491 e. The van der Waals surface area contributed by atoms with E-state index in [0.29, 0.717) is 11.5 Å². The van der Waals surface area contributed by atoms with Gasteiger partial charge >= 0.3 is 0 Å². The molecule has 0 amide bonds. The Morgan fingerprint density at radius 2 is 1.10 bits per heavy atom. The van der Waals surface area contributed by atoms with Crippen molar-refractivity contribution in [3.05, 3.63) is 24.3 Å². The highest BCUT2D eigenvalue weighted by Crippen LogP contribution is 2.17. The van der Waals surface area contributed by atoms with Crippen LogP contribution in [0.25, 0.3) is 0 Å². The predicted molar refractivity (Wildman–Crippen MR) is 71.8 cm³/mol. The molecule has 0 heterocycles. The van der Waals surface area contributed by atoms with Crippen LogP contribution in [0.4, 0.5) is 0 Å². The number of ether oxygens (including phenoxy) is 2. The molecule has 0 spiro atoms. The quantitative estimate of drug-likeness (QED) is 0.406. The third-order valence-corrected chi connectivity index (χ3v) is 1.97. The van der Waals surface area contributed by atoms with Crippen molar-refractivity contribution in [2.24, 2.45) is 0 Å². The molecule has 5 N–H and O–H groups in total. The van der Waals surface area contributed by atoms with E-state index in [1.807, 2.05) is 0 Å². The van der Waals surface area contributed by atoms with Crippen LogP contribution in [0.3, 0.4) is 0 Å². The summed E-state index contributed by atoms with van der Waals surface area (Å²) < 4.78 is 10.3. The minimum atomic E-state index is -0.954. The SMILES string of the molecule is OCC(O)CO.OCCOc1ccc(OCCO)cc1. The molecule has 0 aliphatic carbocycles. The van der Waals surface area contributed by atoms with E-state index in [9.17, 15) is 0 Å². The molecule has 7 heteroatoms. The summed E-state index contributed by atoms with van der Waals surface area (Å²) in [4.78, 5) is 0. The van der Waals surface area contributed by atoms with E-state index in [1.54, 1.807) is 24.3 Å². The molecule has 0 fully saturated rings. The maximum Gasteiger partial charge on any atom is 0.119 e. The van der Waals surface area contributed by atoms with Crippen molar-refractivity contribution in [2.75, 3.05) is 39.6 Å². The first kappa shape index (κ1) is 18.6. The van der Waals surface area contributed by atoms with Gasteiger partial charge in [-0.3, -0.25) is 0 Å². The van der Waals surface area contributed by atoms with Crippen LogP contribution in [-0.4, -0.2) is 71.3 Å². The van der Waals surface area contributed by atoms with Gasteiger partial charge in [-0.1, -0.05) is 0 Å². The Morgan fingerprint density at radius 3 is 1.30 bits per heavy atom. The van der Waals surface area contributed by atoms with Crippen molar-refractivity contribution in [1.82, 2.24) is 0 Å². The van der Waals surface area contributed by atoms with E-state index in [2.05, 4.69) is 0 Å². The van der Waals surface area contributed by atoms with Crippen LogP contribution in [-0.2, 0) is 0 Å². The molecule has 0 bridgehead atoms. The smallest absolute Gasteiger partial charge is 0.119 e. The van der Waals surface area contributed by atoms with Crippen molar-refractivity contribution < 1.29 is 35.0 Å². The Kier molecular flexibility index (Phi) is 11.8. The Hall–Kier alpha value is -1.38. The zero-order valence-corrected chi connectivity index (χ0v) is 11.2. The van der Waals surface area contributed by atoms with Gasteiger partial charge in [0.25, 0.3) is 0 Å². The molecular weight excluding hydrogens is 268 g/mol. The highest BCUT2D eigenvalue weighted by molar-refractivity contribution is 5.31. The average Bonchev–Trinajstić information content (AvgIpc) is 2.51. The van der Waals surface area contributed by atoms with E-state index in [4.69, 9.17) is 35.0 Å². The van der Waals surface area contributed by atoms with Crippen LogP contribution in [0.1, 0.15) is 0 Å². The van der Waals surface area contributed by atoms with Crippen LogP contribution in [0.5, 0.6) is 11.5 Å². The lowest BCUT2D eigenvalue weighted by Gasteiger charge is -2.06. The van der Waals surface area contributed by atoms with Crippen molar-refractivity contribution in [1.29, 1.82) is 0 Å². The summed E-state index contributed by atoms with van der Waals surface area (Å²) in [5, 5.41) is 41.1. The Morgan fingerprint density at radius 1 is 0.750 bits per heavy atom. The molecular formula is C13H22O7. The molecule has 1 aromatic rings. The molecule has 0 atom stereocenters. The molecule has 0 saturated heterocycles. The number of benzene rings is 1. The first-order valence-electron chi connectivity index (χ1n) is 6.15. The zero-order chi connectivity index (χ0) is 15.2. The monoisotopic (exact) mass is 290 g/mol. The van der Waals surface area contributed by atoms with Crippen LogP contribution < -0.4 is 9.47 Å². The summed E-state index contributed by atoms with van der Waals surface area (Å²) >= 11 is 0. The fourth-order valence-corrected chi connectivity index (χ4v) is 1.02. The summed E-state index contributed by atoms with van der Waals surface area (Å²) in [6.07, 6.45) is -0.954. The second-order valence-corrected chi connectivity index (χ2v) is 3.63. The number of hydrogen-bond donors (Lipinski definition) is 5. The summed E-state index contributed by atoms with van der Waals surface area (Å²) in [6.45, 7) is -0.147. The largest absolute Gasteiger partial charge is 0.491 e. The van der Waals surface area contributed by atoms with E-state index < -0.39 is 6.10 Å². The molecule has 20 heavy (non-hydrogen) atoms. The van der Waals surface area contributed by atoms with Gasteiger partial charge in [0.05, 0.1) is 26.4 Å². The van der Waals surface area contributed by atoms with Gasteiger partial charge in [0.15, 0.2) is 0 Å².